The zero-order chi connectivity index (χ0) is 24.0. The van der Waals surface area contributed by atoms with Crippen LogP contribution in [0.25, 0.3) is 11.4 Å². The first kappa shape index (κ1) is 25.4. The normalized spacial score (nSPS) is 11.0. The number of halogens is 3. The number of ether oxygens (including phenoxy) is 1. The van der Waals surface area contributed by atoms with E-state index >= 15 is 0 Å². The van der Waals surface area contributed by atoms with Crippen molar-refractivity contribution < 1.29 is 9.53 Å². The summed E-state index contributed by atoms with van der Waals surface area (Å²) in [5, 5.41) is 12.9. The van der Waals surface area contributed by atoms with Crippen LogP contribution in [-0.4, -0.2) is 33.0 Å². The fraction of sp³-hybridized carbons (Fsp3) is 0.261. The molecule has 6 nitrogen and oxygen atoms in total. The van der Waals surface area contributed by atoms with Gasteiger partial charge >= 0.3 is 0 Å². The van der Waals surface area contributed by atoms with Crippen molar-refractivity contribution in [2.24, 2.45) is 5.92 Å². The van der Waals surface area contributed by atoms with Gasteiger partial charge in [0.15, 0.2) is 11.0 Å². The van der Waals surface area contributed by atoms with Crippen molar-refractivity contribution in [3.63, 3.8) is 0 Å². The first-order valence-corrected chi connectivity index (χ1v) is 12.2. The molecule has 1 amide bonds. The third-order valence-electron chi connectivity index (χ3n) is 4.34. The SMILES string of the molecule is C=CCn1c(SCC(=O)Nc2cc(Cl)c(Cl)cc2Cl)nnc1-c1ccc(OCC(C)C)cc1. The molecule has 0 fully saturated rings. The minimum absolute atomic E-state index is 0.105. The highest BCUT2D eigenvalue weighted by atomic mass is 35.5. The Morgan fingerprint density at radius 3 is 2.52 bits per heavy atom. The van der Waals surface area contributed by atoms with Crippen LogP contribution >= 0.6 is 46.6 Å². The van der Waals surface area contributed by atoms with Crippen LogP contribution in [0.3, 0.4) is 0 Å². The van der Waals surface area contributed by atoms with Gasteiger partial charge < -0.3 is 10.1 Å². The second-order valence-electron chi connectivity index (χ2n) is 7.52. The predicted molar refractivity (Wildman–Crippen MR) is 137 cm³/mol. The van der Waals surface area contributed by atoms with Crippen LogP contribution in [0.5, 0.6) is 5.75 Å². The third kappa shape index (κ3) is 6.90. The average molecular weight is 526 g/mol. The van der Waals surface area contributed by atoms with E-state index in [4.69, 9.17) is 39.5 Å². The number of carbonyl (C=O) groups excluding carboxylic acids is 1. The molecule has 0 spiro atoms. The Labute approximate surface area is 212 Å². The number of hydrogen-bond acceptors (Lipinski definition) is 5. The lowest BCUT2D eigenvalue weighted by molar-refractivity contribution is -0.113. The van der Waals surface area contributed by atoms with Crippen LogP contribution in [0.15, 0.2) is 54.2 Å². The number of allylic oxidation sites excluding steroid dienone is 1. The van der Waals surface area contributed by atoms with Crippen LogP contribution in [0.4, 0.5) is 5.69 Å². The Hall–Kier alpha value is -2.19. The number of anilines is 1. The largest absolute Gasteiger partial charge is 0.493 e. The number of hydrogen-bond donors (Lipinski definition) is 1. The zero-order valence-corrected chi connectivity index (χ0v) is 21.2. The first-order valence-electron chi connectivity index (χ1n) is 10.1. The number of benzene rings is 2. The zero-order valence-electron chi connectivity index (χ0n) is 18.1. The van der Waals surface area contributed by atoms with Gasteiger partial charge in [-0.2, -0.15) is 0 Å². The van der Waals surface area contributed by atoms with Crippen LogP contribution in [-0.2, 0) is 11.3 Å². The van der Waals surface area contributed by atoms with E-state index in [0.717, 1.165) is 11.3 Å². The Morgan fingerprint density at radius 1 is 1.15 bits per heavy atom. The molecule has 1 aromatic heterocycles. The van der Waals surface area contributed by atoms with Crippen LogP contribution in [0.2, 0.25) is 15.1 Å². The molecule has 10 heteroatoms. The van der Waals surface area contributed by atoms with Crippen LogP contribution < -0.4 is 10.1 Å². The van der Waals surface area contributed by atoms with Crippen molar-refractivity contribution >= 4 is 58.2 Å². The summed E-state index contributed by atoms with van der Waals surface area (Å²) >= 11 is 19.3. The minimum Gasteiger partial charge on any atom is -0.493 e. The fourth-order valence-corrected chi connectivity index (χ4v) is 4.14. The summed E-state index contributed by atoms with van der Waals surface area (Å²) in [4.78, 5) is 12.5. The van der Waals surface area contributed by atoms with Crippen molar-refractivity contribution in [3.05, 3.63) is 64.1 Å². The van der Waals surface area contributed by atoms with E-state index in [1.165, 1.54) is 23.9 Å². The van der Waals surface area contributed by atoms with Gasteiger partial charge in [0.2, 0.25) is 5.91 Å². The highest BCUT2D eigenvalue weighted by Gasteiger charge is 2.16. The predicted octanol–water partition coefficient (Wildman–Crippen LogP) is 6.86. The van der Waals surface area contributed by atoms with E-state index in [2.05, 4.69) is 35.9 Å². The van der Waals surface area contributed by atoms with E-state index in [0.29, 0.717) is 50.8 Å². The van der Waals surface area contributed by atoms with Crippen LogP contribution in [0, 0.1) is 5.92 Å². The highest BCUT2D eigenvalue weighted by Crippen LogP contribution is 2.32. The second-order valence-corrected chi connectivity index (χ2v) is 9.68. The Morgan fingerprint density at radius 2 is 1.85 bits per heavy atom. The number of nitrogens with one attached hydrogen (secondary N) is 1. The molecule has 0 saturated heterocycles. The van der Waals surface area contributed by atoms with Gasteiger partial charge in [0.25, 0.3) is 0 Å². The van der Waals surface area contributed by atoms with Gasteiger partial charge in [0, 0.05) is 12.1 Å². The van der Waals surface area contributed by atoms with Crippen LogP contribution in [0.1, 0.15) is 13.8 Å². The molecule has 0 atom stereocenters. The maximum absolute atomic E-state index is 12.5. The molecule has 174 valence electrons. The van der Waals surface area contributed by atoms with Crippen molar-refractivity contribution in [1.29, 1.82) is 0 Å². The van der Waals surface area contributed by atoms with E-state index in [1.54, 1.807) is 6.08 Å². The molecule has 0 aliphatic rings. The van der Waals surface area contributed by atoms with Gasteiger partial charge in [-0.25, -0.2) is 0 Å². The smallest absolute Gasteiger partial charge is 0.234 e. The summed E-state index contributed by atoms with van der Waals surface area (Å²) in [6.07, 6.45) is 1.76. The van der Waals surface area contributed by atoms with E-state index in [9.17, 15) is 4.79 Å². The molecule has 0 unspecified atom stereocenters. The van der Waals surface area contributed by atoms with Gasteiger partial charge in [-0.3, -0.25) is 9.36 Å². The monoisotopic (exact) mass is 524 g/mol. The molecule has 0 radical (unpaired) electrons. The van der Waals surface area contributed by atoms with Crippen molar-refractivity contribution in [2.45, 2.75) is 25.5 Å². The molecule has 3 aromatic rings. The number of thioether (sulfide) groups is 1. The second kappa shape index (κ2) is 11.8. The van der Waals surface area contributed by atoms with Crippen molar-refractivity contribution in [1.82, 2.24) is 14.8 Å². The van der Waals surface area contributed by atoms with Gasteiger partial charge in [0.1, 0.15) is 5.75 Å². The maximum Gasteiger partial charge on any atom is 0.234 e. The summed E-state index contributed by atoms with van der Waals surface area (Å²) in [6.45, 7) is 9.18. The summed E-state index contributed by atoms with van der Waals surface area (Å²) in [6, 6.07) is 10.7. The summed E-state index contributed by atoms with van der Waals surface area (Å²) in [5.74, 6) is 1.77. The number of amides is 1. The number of carbonyl (C=O) groups is 1. The maximum atomic E-state index is 12.5. The lowest BCUT2D eigenvalue weighted by atomic mass is 10.2. The molecule has 1 heterocycles. The molecular formula is C23H23Cl3N4O2S. The first-order chi connectivity index (χ1) is 15.8. The standard InChI is InChI=1S/C23H23Cl3N4O2S/c1-4-9-30-22(15-5-7-16(8-6-15)32-12-14(2)3)28-29-23(30)33-13-21(31)27-20-11-18(25)17(24)10-19(20)26/h4-8,10-11,14H,1,9,12-13H2,2-3H3,(H,27,31). The van der Waals surface area contributed by atoms with Gasteiger partial charge in [-0.1, -0.05) is 66.5 Å². The molecule has 0 bridgehead atoms. The molecule has 1 N–H and O–H groups in total. The molecule has 2 aromatic carbocycles. The average Bonchev–Trinajstić information content (AvgIpc) is 3.18. The van der Waals surface area contributed by atoms with E-state index < -0.39 is 0 Å². The lowest BCUT2D eigenvalue weighted by Gasteiger charge is -2.11. The fourth-order valence-electron chi connectivity index (χ4n) is 2.80. The van der Waals surface area contributed by atoms with Crippen molar-refractivity contribution in [3.8, 4) is 17.1 Å². The lowest BCUT2D eigenvalue weighted by Crippen LogP contribution is -2.15. The third-order valence-corrected chi connectivity index (χ3v) is 6.34. The Bertz CT molecular complexity index is 1130. The molecule has 0 aliphatic heterocycles. The molecular weight excluding hydrogens is 503 g/mol. The highest BCUT2D eigenvalue weighted by molar-refractivity contribution is 7.99. The summed E-state index contributed by atoms with van der Waals surface area (Å²) in [7, 11) is 0. The van der Waals surface area contributed by atoms with Gasteiger partial charge in [0.05, 0.1) is 33.1 Å². The topological polar surface area (TPSA) is 69.0 Å². The van der Waals surface area contributed by atoms with E-state index in [-0.39, 0.29) is 11.7 Å². The number of aromatic nitrogens is 3. The van der Waals surface area contributed by atoms with E-state index in [1.807, 2.05) is 28.8 Å². The van der Waals surface area contributed by atoms with Gasteiger partial charge in [-0.15, -0.1) is 16.8 Å². The summed E-state index contributed by atoms with van der Waals surface area (Å²) < 4.78 is 7.65. The molecule has 3 rings (SSSR count). The van der Waals surface area contributed by atoms with Crippen molar-refractivity contribution in [2.75, 3.05) is 17.7 Å². The molecule has 0 saturated carbocycles. The quantitative estimate of drug-likeness (QED) is 0.178. The number of nitrogens with zero attached hydrogens (tertiary/aromatic N) is 3. The summed E-state index contributed by atoms with van der Waals surface area (Å²) in [5.41, 5.74) is 1.28. The number of rotatable bonds is 10. The minimum atomic E-state index is -0.262. The molecule has 33 heavy (non-hydrogen) atoms. The Kier molecular flexibility index (Phi) is 9.09. The van der Waals surface area contributed by atoms with Gasteiger partial charge in [-0.05, 0) is 42.3 Å². The Balaban J connectivity index is 1.70. The molecule has 0 aliphatic carbocycles.